The Morgan fingerprint density at radius 1 is 1.25 bits per heavy atom. The molecule has 16 heavy (non-hydrogen) atoms. The van der Waals surface area contributed by atoms with Crippen molar-refractivity contribution in [2.75, 3.05) is 13.2 Å². The highest BCUT2D eigenvalue weighted by molar-refractivity contribution is 5.96. The maximum atomic E-state index is 11.2. The van der Waals surface area contributed by atoms with Crippen LogP contribution in [0.4, 0.5) is 0 Å². The van der Waals surface area contributed by atoms with Gasteiger partial charge in [0.25, 0.3) is 0 Å². The van der Waals surface area contributed by atoms with Crippen molar-refractivity contribution in [2.24, 2.45) is 5.92 Å². The van der Waals surface area contributed by atoms with Crippen LogP contribution in [0.15, 0.2) is 0 Å². The molecule has 0 bridgehead atoms. The molecule has 94 valence electrons. The largest absolute Gasteiger partial charge is 0.481 e. The molecule has 0 spiro atoms. The molecule has 5 heteroatoms. The fraction of sp³-hybridized carbons (Fsp3) is 0.818. The third-order valence-corrected chi connectivity index (χ3v) is 2.09. The van der Waals surface area contributed by atoms with Gasteiger partial charge in [-0.1, -0.05) is 0 Å². The molecule has 0 rings (SSSR count). The molecule has 1 amide bonds. The van der Waals surface area contributed by atoms with Crippen molar-refractivity contribution in [1.29, 1.82) is 0 Å². The van der Waals surface area contributed by atoms with E-state index in [9.17, 15) is 9.59 Å². The van der Waals surface area contributed by atoms with Crippen LogP contribution in [0.25, 0.3) is 0 Å². The quantitative estimate of drug-likeness (QED) is 0.483. The van der Waals surface area contributed by atoms with Crippen molar-refractivity contribution in [2.45, 2.75) is 39.7 Å². The minimum Gasteiger partial charge on any atom is -0.481 e. The highest BCUT2D eigenvalue weighted by Gasteiger charge is 2.19. The predicted molar refractivity (Wildman–Crippen MR) is 60.1 cm³/mol. The predicted octanol–water partition coefficient (Wildman–Crippen LogP) is 1.03. The molecule has 0 fully saturated rings. The van der Waals surface area contributed by atoms with Crippen LogP contribution in [0.1, 0.15) is 33.6 Å². The van der Waals surface area contributed by atoms with Crippen molar-refractivity contribution in [3.8, 4) is 0 Å². The number of aliphatic carboxylic acids is 1. The van der Waals surface area contributed by atoms with E-state index in [4.69, 9.17) is 9.84 Å². The summed E-state index contributed by atoms with van der Waals surface area (Å²) in [5.74, 6) is -2.51. The van der Waals surface area contributed by atoms with Crippen molar-refractivity contribution in [3.05, 3.63) is 0 Å². The Morgan fingerprint density at radius 2 is 1.88 bits per heavy atom. The lowest BCUT2D eigenvalue weighted by atomic mass is 10.1. The molecule has 0 radical (unpaired) electrons. The molecule has 0 aromatic rings. The lowest BCUT2D eigenvalue weighted by Gasteiger charge is -2.09. The zero-order valence-electron chi connectivity index (χ0n) is 10.2. The Hall–Kier alpha value is -1.10. The Balaban J connectivity index is 3.45. The van der Waals surface area contributed by atoms with E-state index in [0.717, 1.165) is 12.8 Å². The Kier molecular flexibility index (Phi) is 7.54. The van der Waals surface area contributed by atoms with Crippen molar-refractivity contribution < 1.29 is 19.4 Å². The molecule has 2 N–H and O–H groups in total. The first-order valence-electron chi connectivity index (χ1n) is 5.57. The summed E-state index contributed by atoms with van der Waals surface area (Å²) in [6.45, 7) is 6.48. The fourth-order valence-electron chi connectivity index (χ4n) is 1.02. The number of hydrogen-bond donors (Lipinski definition) is 2. The number of carboxylic acid groups (broad SMARTS) is 1. The Bertz CT molecular complexity index is 228. The van der Waals surface area contributed by atoms with Crippen molar-refractivity contribution in [3.63, 3.8) is 0 Å². The maximum absolute atomic E-state index is 11.2. The van der Waals surface area contributed by atoms with E-state index in [-0.39, 0.29) is 6.10 Å². The minimum atomic E-state index is -1.10. The molecule has 0 aliphatic rings. The smallest absolute Gasteiger partial charge is 0.315 e. The molecule has 5 nitrogen and oxygen atoms in total. The molecule has 1 unspecified atom stereocenters. The van der Waals surface area contributed by atoms with Crippen LogP contribution in [-0.2, 0) is 14.3 Å². The molecule has 0 aliphatic heterocycles. The second-order valence-electron chi connectivity index (χ2n) is 3.98. The third kappa shape index (κ3) is 7.23. The molecule has 0 aromatic carbocycles. The highest BCUT2D eigenvalue weighted by atomic mass is 16.5. The Morgan fingerprint density at radius 3 is 2.38 bits per heavy atom. The fourth-order valence-corrected chi connectivity index (χ4v) is 1.02. The van der Waals surface area contributed by atoms with E-state index in [0.29, 0.717) is 13.2 Å². The third-order valence-electron chi connectivity index (χ3n) is 2.09. The van der Waals surface area contributed by atoms with Gasteiger partial charge in [0.2, 0.25) is 5.91 Å². The lowest BCUT2D eigenvalue weighted by Crippen LogP contribution is -2.34. The van der Waals surface area contributed by atoms with Gasteiger partial charge in [-0.25, -0.2) is 0 Å². The first-order valence-corrected chi connectivity index (χ1v) is 5.57. The van der Waals surface area contributed by atoms with Crippen LogP contribution in [0.2, 0.25) is 0 Å². The standard InChI is InChI=1S/C11H21NO4/c1-8(2)16-7-5-4-6-12-10(13)9(3)11(14)15/h8-9H,4-7H2,1-3H3,(H,12,13)(H,14,15). The van der Waals surface area contributed by atoms with Gasteiger partial charge in [0.1, 0.15) is 5.92 Å². The topological polar surface area (TPSA) is 75.6 Å². The number of carboxylic acids is 1. The zero-order chi connectivity index (χ0) is 12.6. The first-order chi connectivity index (χ1) is 7.45. The van der Waals surface area contributed by atoms with Crippen LogP contribution in [0.5, 0.6) is 0 Å². The normalized spacial score (nSPS) is 12.5. The van der Waals surface area contributed by atoms with Crippen LogP contribution >= 0.6 is 0 Å². The monoisotopic (exact) mass is 231 g/mol. The number of ether oxygens (including phenoxy) is 1. The Labute approximate surface area is 96.2 Å². The van der Waals surface area contributed by atoms with Crippen LogP contribution in [0.3, 0.4) is 0 Å². The molecular weight excluding hydrogens is 210 g/mol. The summed E-state index contributed by atoms with van der Waals surface area (Å²) in [4.78, 5) is 21.7. The molecule has 0 heterocycles. The number of nitrogens with one attached hydrogen (secondary N) is 1. The van der Waals surface area contributed by atoms with E-state index in [1.807, 2.05) is 13.8 Å². The number of unbranched alkanes of at least 4 members (excludes halogenated alkanes) is 1. The number of carbonyl (C=O) groups is 2. The average Bonchev–Trinajstić information content (AvgIpc) is 2.21. The van der Waals surface area contributed by atoms with Gasteiger partial charge in [-0.2, -0.15) is 0 Å². The number of carbonyl (C=O) groups excluding carboxylic acids is 1. The van der Waals surface area contributed by atoms with Crippen molar-refractivity contribution >= 4 is 11.9 Å². The zero-order valence-corrected chi connectivity index (χ0v) is 10.2. The number of amides is 1. The van der Waals surface area contributed by atoms with Gasteiger partial charge in [-0.05, 0) is 33.6 Å². The van der Waals surface area contributed by atoms with E-state index in [2.05, 4.69) is 5.32 Å². The summed E-state index contributed by atoms with van der Waals surface area (Å²) in [5.41, 5.74) is 0. The van der Waals surface area contributed by atoms with Crippen LogP contribution in [-0.4, -0.2) is 36.2 Å². The highest BCUT2D eigenvalue weighted by Crippen LogP contribution is 1.96. The first kappa shape index (κ1) is 14.9. The summed E-state index contributed by atoms with van der Waals surface area (Å²) in [5, 5.41) is 11.1. The van der Waals surface area contributed by atoms with Gasteiger partial charge in [0.05, 0.1) is 6.10 Å². The summed E-state index contributed by atoms with van der Waals surface area (Å²) in [6, 6.07) is 0. The van der Waals surface area contributed by atoms with Gasteiger partial charge in [0.15, 0.2) is 0 Å². The van der Waals surface area contributed by atoms with E-state index in [1.165, 1.54) is 6.92 Å². The van der Waals surface area contributed by atoms with Gasteiger partial charge >= 0.3 is 5.97 Å². The minimum absolute atomic E-state index is 0.224. The molecular formula is C11H21NO4. The second kappa shape index (κ2) is 8.10. The van der Waals surface area contributed by atoms with E-state index in [1.54, 1.807) is 0 Å². The van der Waals surface area contributed by atoms with Crippen molar-refractivity contribution in [1.82, 2.24) is 5.32 Å². The average molecular weight is 231 g/mol. The maximum Gasteiger partial charge on any atom is 0.315 e. The number of hydrogen-bond acceptors (Lipinski definition) is 3. The lowest BCUT2D eigenvalue weighted by molar-refractivity contribution is -0.146. The molecule has 1 atom stereocenters. The van der Waals surface area contributed by atoms with Gasteiger partial charge in [-0.3, -0.25) is 9.59 Å². The summed E-state index contributed by atoms with van der Waals surface area (Å²) < 4.78 is 5.33. The molecule has 0 aliphatic carbocycles. The number of rotatable bonds is 8. The second-order valence-corrected chi connectivity index (χ2v) is 3.98. The SMILES string of the molecule is CC(C)OCCCCNC(=O)C(C)C(=O)O. The van der Waals surface area contributed by atoms with Gasteiger partial charge in [-0.15, -0.1) is 0 Å². The van der Waals surface area contributed by atoms with Crippen LogP contribution < -0.4 is 5.32 Å². The summed E-state index contributed by atoms with van der Waals surface area (Å²) in [6.07, 6.45) is 1.88. The van der Waals surface area contributed by atoms with Gasteiger partial charge < -0.3 is 15.2 Å². The summed E-state index contributed by atoms with van der Waals surface area (Å²) in [7, 11) is 0. The molecule has 0 saturated heterocycles. The summed E-state index contributed by atoms with van der Waals surface area (Å²) >= 11 is 0. The van der Waals surface area contributed by atoms with E-state index >= 15 is 0 Å². The van der Waals surface area contributed by atoms with E-state index < -0.39 is 17.8 Å². The van der Waals surface area contributed by atoms with Crippen LogP contribution in [0, 0.1) is 5.92 Å². The molecule has 0 aromatic heterocycles. The van der Waals surface area contributed by atoms with Gasteiger partial charge in [0, 0.05) is 13.2 Å². The molecule has 0 saturated carbocycles.